The quantitative estimate of drug-likeness (QED) is 0.618. The van der Waals surface area contributed by atoms with Gasteiger partial charge in [-0.15, -0.1) is 0 Å². The monoisotopic (exact) mass is 425 g/mol. The Hall–Kier alpha value is -2.57. The summed E-state index contributed by atoms with van der Waals surface area (Å²) in [5, 5.41) is 0. The first-order chi connectivity index (χ1) is 15.0. The highest BCUT2D eigenvalue weighted by Crippen LogP contribution is 2.27. The van der Waals surface area contributed by atoms with E-state index in [9.17, 15) is 4.79 Å². The first kappa shape index (κ1) is 23.1. The Morgan fingerprint density at radius 2 is 1.71 bits per heavy atom. The lowest BCUT2D eigenvalue weighted by molar-refractivity contribution is -0.133. The summed E-state index contributed by atoms with van der Waals surface area (Å²) < 4.78 is 10.7. The standard InChI is InChI=1S/C25H35N3O3/c1-20-7-5-6-8-22(20)18-27-13-15-28(16-14-27)25(29)19-26(2)12-11-21-9-10-23(30-3)24(17-21)31-4/h5-10,17H,11-16,18-19H2,1-4H3. The van der Waals surface area contributed by atoms with Crippen molar-refractivity contribution in [3.05, 3.63) is 59.2 Å². The van der Waals surface area contributed by atoms with Gasteiger partial charge in [0.15, 0.2) is 11.5 Å². The van der Waals surface area contributed by atoms with Crippen molar-refractivity contribution in [2.75, 3.05) is 60.5 Å². The highest BCUT2D eigenvalue weighted by Gasteiger charge is 2.22. The minimum Gasteiger partial charge on any atom is -0.493 e. The fourth-order valence-corrected chi connectivity index (χ4v) is 3.95. The van der Waals surface area contributed by atoms with Crippen LogP contribution >= 0.6 is 0 Å². The molecule has 1 aliphatic rings. The zero-order valence-electron chi connectivity index (χ0n) is 19.3. The lowest BCUT2D eigenvalue weighted by Gasteiger charge is -2.35. The molecule has 0 N–H and O–H groups in total. The lowest BCUT2D eigenvalue weighted by Crippen LogP contribution is -2.50. The molecule has 0 bridgehead atoms. The first-order valence-corrected chi connectivity index (χ1v) is 10.9. The summed E-state index contributed by atoms with van der Waals surface area (Å²) >= 11 is 0. The van der Waals surface area contributed by atoms with E-state index in [2.05, 4.69) is 41.0 Å². The average Bonchev–Trinajstić information content (AvgIpc) is 2.79. The van der Waals surface area contributed by atoms with Crippen LogP contribution in [-0.2, 0) is 17.8 Å². The van der Waals surface area contributed by atoms with Crippen molar-refractivity contribution in [3.8, 4) is 11.5 Å². The maximum Gasteiger partial charge on any atom is 0.236 e. The summed E-state index contributed by atoms with van der Waals surface area (Å²) in [6, 6.07) is 14.5. The number of ether oxygens (including phenoxy) is 2. The Morgan fingerprint density at radius 1 is 1.00 bits per heavy atom. The normalized spacial score (nSPS) is 14.7. The number of hydrogen-bond donors (Lipinski definition) is 0. The van der Waals surface area contributed by atoms with Gasteiger partial charge in [0.25, 0.3) is 0 Å². The second kappa shape index (κ2) is 11.2. The van der Waals surface area contributed by atoms with E-state index in [1.807, 2.05) is 30.1 Å². The summed E-state index contributed by atoms with van der Waals surface area (Å²) in [5.41, 5.74) is 3.87. The molecule has 6 heteroatoms. The zero-order chi connectivity index (χ0) is 22.2. The van der Waals surface area contributed by atoms with Crippen LogP contribution in [0.15, 0.2) is 42.5 Å². The number of amides is 1. The number of piperazine rings is 1. The molecule has 3 rings (SSSR count). The van der Waals surface area contributed by atoms with E-state index in [-0.39, 0.29) is 5.91 Å². The Morgan fingerprint density at radius 3 is 2.39 bits per heavy atom. The number of carbonyl (C=O) groups excluding carboxylic acids is 1. The Balaban J connectivity index is 1.42. The van der Waals surface area contributed by atoms with Crippen LogP contribution in [0.1, 0.15) is 16.7 Å². The molecule has 1 heterocycles. The molecule has 2 aromatic rings. The van der Waals surface area contributed by atoms with Gasteiger partial charge in [-0.1, -0.05) is 30.3 Å². The van der Waals surface area contributed by atoms with Crippen LogP contribution in [-0.4, -0.2) is 81.1 Å². The van der Waals surface area contributed by atoms with Crippen molar-refractivity contribution >= 4 is 5.91 Å². The van der Waals surface area contributed by atoms with Gasteiger partial charge in [-0.05, 0) is 49.2 Å². The topological polar surface area (TPSA) is 45.2 Å². The van der Waals surface area contributed by atoms with Crippen molar-refractivity contribution in [2.24, 2.45) is 0 Å². The number of likely N-dealkylation sites (N-methyl/N-ethyl adjacent to an activating group) is 1. The molecular weight excluding hydrogens is 390 g/mol. The minimum absolute atomic E-state index is 0.213. The molecule has 168 valence electrons. The van der Waals surface area contributed by atoms with Gasteiger partial charge in [-0.2, -0.15) is 0 Å². The molecule has 0 radical (unpaired) electrons. The Bertz CT molecular complexity index is 863. The van der Waals surface area contributed by atoms with E-state index in [0.717, 1.165) is 57.2 Å². The zero-order valence-corrected chi connectivity index (χ0v) is 19.3. The second-order valence-corrected chi connectivity index (χ2v) is 8.26. The summed E-state index contributed by atoms with van der Waals surface area (Å²) in [5.74, 6) is 1.68. The van der Waals surface area contributed by atoms with Crippen LogP contribution < -0.4 is 9.47 Å². The van der Waals surface area contributed by atoms with E-state index in [1.54, 1.807) is 14.2 Å². The molecule has 0 saturated carbocycles. The molecule has 0 atom stereocenters. The van der Waals surface area contributed by atoms with Gasteiger partial charge in [-0.25, -0.2) is 0 Å². The Labute approximate surface area is 186 Å². The fraction of sp³-hybridized carbons (Fsp3) is 0.480. The summed E-state index contributed by atoms with van der Waals surface area (Å²) in [6.45, 7) is 7.83. The molecule has 2 aromatic carbocycles. The van der Waals surface area contributed by atoms with Crippen LogP contribution in [0.5, 0.6) is 11.5 Å². The van der Waals surface area contributed by atoms with E-state index in [4.69, 9.17) is 9.47 Å². The summed E-state index contributed by atoms with van der Waals surface area (Å²) in [4.78, 5) is 19.3. The largest absolute Gasteiger partial charge is 0.493 e. The van der Waals surface area contributed by atoms with Gasteiger partial charge in [0.05, 0.1) is 20.8 Å². The highest BCUT2D eigenvalue weighted by molar-refractivity contribution is 5.78. The molecule has 0 aromatic heterocycles. The van der Waals surface area contributed by atoms with Gasteiger partial charge >= 0.3 is 0 Å². The average molecular weight is 426 g/mol. The Kier molecular flexibility index (Phi) is 8.32. The molecular formula is C25H35N3O3. The van der Waals surface area contributed by atoms with Crippen molar-refractivity contribution in [1.29, 1.82) is 0 Å². The summed E-state index contributed by atoms with van der Waals surface area (Å²) in [6.07, 6.45) is 0.855. The molecule has 1 amide bonds. The van der Waals surface area contributed by atoms with Gasteiger partial charge in [-0.3, -0.25) is 14.6 Å². The maximum absolute atomic E-state index is 12.8. The van der Waals surface area contributed by atoms with Crippen LogP contribution in [0, 0.1) is 6.92 Å². The van der Waals surface area contributed by atoms with E-state index >= 15 is 0 Å². The molecule has 6 nitrogen and oxygen atoms in total. The SMILES string of the molecule is COc1ccc(CCN(C)CC(=O)N2CCN(Cc3ccccc3C)CC2)cc1OC. The molecule has 1 saturated heterocycles. The molecule has 0 aliphatic carbocycles. The van der Waals surface area contributed by atoms with E-state index in [1.165, 1.54) is 16.7 Å². The smallest absolute Gasteiger partial charge is 0.236 e. The third-order valence-electron chi connectivity index (χ3n) is 6.02. The van der Waals surface area contributed by atoms with Gasteiger partial charge < -0.3 is 14.4 Å². The molecule has 0 unspecified atom stereocenters. The van der Waals surface area contributed by atoms with E-state index in [0.29, 0.717) is 6.54 Å². The first-order valence-electron chi connectivity index (χ1n) is 10.9. The number of benzene rings is 2. The summed E-state index contributed by atoms with van der Waals surface area (Å²) in [7, 11) is 5.29. The third-order valence-corrected chi connectivity index (χ3v) is 6.02. The second-order valence-electron chi connectivity index (χ2n) is 8.26. The van der Waals surface area contributed by atoms with Crippen molar-refractivity contribution in [1.82, 2.24) is 14.7 Å². The van der Waals surface area contributed by atoms with Crippen molar-refractivity contribution in [3.63, 3.8) is 0 Å². The number of methoxy groups -OCH3 is 2. The van der Waals surface area contributed by atoms with Gasteiger partial charge in [0.1, 0.15) is 0 Å². The van der Waals surface area contributed by atoms with Crippen molar-refractivity contribution < 1.29 is 14.3 Å². The van der Waals surface area contributed by atoms with E-state index < -0.39 is 0 Å². The van der Waals surface area contributed by atoms with Crippen LogP contribution in [0.2, 0.25) is 0 Å². The van der Waals surface area contributed by atoms with Crippen LogP contribution in [0.4, 0.5) is 0 Å². The van der Waals surface area contributed by atoms with Crippen molar-refractivity contribution in [2.45, 2.75) is 19.9 Å². The predicted molar refractivity (Wildman–Crippen MR) is 124 cm³/mol. The number of carbonyl (C=O) groups is 1. The number of aryl methyl sites for hydroxylation is 1. The van der Waals surface area contributed by atoms with Crippen LogP contribution in [0.3, 0.4) is 0 Å². The molecule has 1 aliphatic heterocycles. The molecule has 0 spiro atoms. The number of hydrogen-bond acceptors (Lipinski definition) is 5. The number of nitrogens with zero attached hydrogens (tertiary/aromatic N) is 3. The lowest BCUT2D eigenvalue weighted by atomic mass is 10.1. The van der Waals surface area contributed by atoms with Crippen LogP contribution in [0.25, 0.3) is 0 Å². The number of rotatable bonds is 9. The minimum atomic E-state index is 0.213. The highest BCUT2D eigenvalue weighted by atomic mass is 16.5. The van der Waals surface area contributed by atoms with Gasteiger partial charge in [0.2, 0.25) is 5.91 Å². The third kappa shape index (κ3) is 6.45. The molecule has 1 fully saturated rings. The molecule has 31 heavy (non-hydrogen) atoms. The van der Waals surface area contributed by atoms with Gasteiger partial charge in [0, 0.05) is 39.3 Å². The fourth-order valence-electron chi connectivity index (χ4n) is 3.95. The maximum atomic E-state index is 12.8. The predicted octanol–water partition coefficient (Wildman–Crippen LogP) is 2.83.